The predicted molar refractivity (Wildman–Crippen MR) is 157 cm³/mol. The van der Waals surface area contributed by atoms with Crippen LogP contribution in [0.4, 0.5) is 0 Å². The van der Waals surface area contributed by atoms with E-state index in [4.69, 9.17) is 9.47 Å². The van der Waals surface area contributed by atoms with Gasteiger partial charge in [-0.2, -0.15) is 0 Å². The van der Waals surface area contributed by atoms with Gasteiger partial charge in [0, 0.05) is 43.6 Å². The molecule has 5 rings (SSSR count). The van der Waals surface area contributed by atoms with Crippen molar-refractivity contribution in [2.45, 2.75) is 58.7 Å². The highest BCUT2D eigenvalue weighted by Gasteiger charge is 2.32. The minimum atomic E-state index is -0.319. The molecular formula is C32H36ClN3O3. The summed E-state index contributed by atoms with van der Waals surface area (Å²) < 4.78 is 14.6. The maximum absolute atomic E-state index is 12.4. The van der Waals surface area contributed by atoms with Crippen LogP contribution in [0, 0.1) is 0 Å². The van der Waals surface area contributed by atoms with Gasteiger partial charge >= 0.3 is 0 Å². The Labute approximate surface area is 236 Å². The van der Waals surface area contributed by atoms with Gasteiger partial charge in [-0.1, -0.05) is 69.3 Å². The van der Waals surface area contributed by atoms with E-state index in [9.17, 15) is 4.79 Å². The summed E-state index contributed by atoms with van der Waals surface area (Å²) in [5, 5.41) is 3.20. The Morgan fingerprint density at radius 1 is 1.05 bits per heavy atom. The molecule has 204 valence electrons. The summed E-state index contributed by atoms with van der Waals surface area (Å²) in [6.45, 7) is 10.3. The summed E-state index contributed by atoms with van der Waals surface area (Å²) in [5.74, 6) is 1.44. The Morgan fingerprint density at radius 3 is 2.56 bits per heavy atom. The van der Waals surface area contributed by atoms with Crippen LogP contribution < -0.4 is 10.1 Å². The fourth-order valence-corrected chi connectivity index (χ4v) is 5.20. The van der Waals surface area contributed by atoms with Crippen LogP contribution in [0.1, 0.15) is 62.4 Å². The minimum absolute atomic E-state index is 0. The molecule has 3 aromatic carbocycles. The smallest absolute Gasteiger partial charge is 0.217 e. The van der Waals surface area contributed by atoms with Gasteiger partial charge in [0.05, 0.1) is 19.0 Å². The third-order valence-corrected chi connectivity index (χ3v) is 6.90. The molecule has 7 heteroatoms. The number of aryl methyl sites for hydroxylation is 1. The van der Waals surface area contributed by atoms with Gasteiger partial charge in [0.1, 0.15) is 11.5 Å². The Hall–Kier alpha value is -3.61. The van der Waals surface area contributed by atoms with Crippen molar-refractivity contribution >= 4 is 18.3 Å². The number of benzene rings is 3. The zero-order chi connectivity index (χ0) is 26.7. The zero-order valence-electron chi connectivity index (χ0n) is 22.9. The van der Waals surface area contributed by atoms with E-state index in [0.717, 1.165) is 52.3 Å². The highest BCUT2D eigenvalue weighted by molar-refractivity contribution is 5.85. The largest absolute Gasteiger partial charge is 0.457 e. The molecule has 1 aromatic heterocycles. The minimum Gasteiger partial charge on any atom is -0.457 e. The number of nitrogens with one attached hydrogen (secondary N) is 1. The lowest BCUT2D eigenvalue weighted by atomic mass is 9.77. The van der Waals surface area contributed by atoms with Crippen LogP contribution in [-0.4, -0.2) is 22.1 Å². The third kappa shape index (κ3) is 6.18. The van der Waals surface area contributed by atoms with Crippen LogP contribution in [0.15, 0.2) is 79.4 Å². The van der Waals surface area contributed by atoms with Gasteiger partial charge in [-0.15, -0.1) is 12.4 Å². The number of hydrogen-bond donors (Lipinski definition) is 1. The van der Waals surface area contributed by atoms with E-state index in [1.165, 1.54) is 5.56 Å². The van der Waals surface area contributed by atoms with Crippen molar-refractivity contribution in [3.8, 4) is 22.6 Å². The van der Waals surface area contributed by atoms with Crippen LogP contribution in [0.2, 0.25) is 0 Å². The molecule has 4 aromatic rings. The fourth-order valence-electron chi connectivity index (χ4n) is 5.20. The molecule has 1 amide bonds. The van der Waals surface area contributed by atoms with Crippen LogP contribution >= 0.6 is 12.4 Å². The number of imidazole rings is 1. The van der Waals surface area contributed by atoms with Gasteiger partial charge in [0.25, 0.3) is 0 Å². The number of fused-ring (bicyclic) bond motifs is 2. The zero-order valence-corrected chi connectivity index (χ0v) is 23.8. The topological polar surface area (TPSA) is 65.4 Å². The van der Waals surface area contributed by atoms with Gasteiger partial charge in [0.15, 0.2) is 0 Å². The molecule has 6 nitrogen and oxygen atoms in total. The second-order valence-electron chi connectivity index (χ2n) is 10.8. The number of nitrogens with zero attached hydrogens (tertiary/aromatic N) is 2. The predicted octanol–water partition coefficient (Wildman–Crippen LogP) is 7.21. The second kappa shape index (κ2) is 12.1. The molecular weight excluding hydrogens is 510 g/mol. The number of carbonyl (C=O) groups excluding carboxylic acids is 1. The number of para-hydroxylation sites is 1. The van der Waals surface area contributed by atoms with E-state index in [0.29, 0.717) is 13.2 Å². The Morgan fingerprint density at radius 2 is 1.82 bits per heavy atom. The molecule has 1 N–H and O–H groups in total. The first kappa shape index (κ1) is 28.4. The van der Waals surface area contributed by atoms with Crippen LogP contribution in [0.25, 0.3) is 11.1 Å². The fraction of sp³-hybridized carbons (Fsp3) is 0.312. The SMILES string of the molecule is CC(=O)NC1c2ccccc2Oc2cccc(-c3c(COCCCn4ccnc4)cccc3C(C)(C)C)c21.Cl. The first-order valence-electron chi connectivity index (χ1n) is 13.2. The van der Waals surface area contributed by atoms with E-state index in [1.54, 1.807) is 13.1 Å². The summed E-state index contributed by atoms with van der Waals surface area (Å²) in [7, 11) is 0. The van der Waals surface area contributed by atoms with Gasteiger partial charge in [-0.25, -0.2) is 4.98 Å². The van der Waals surface area contributed by atoms with Gasteiger partial charge in [-0.05, 0) is 46.2 Å². The van der Waals surface area contributed by atoms with Gasteiger partial charge in [-0.3, -0.25) is 4.79 Å². The number of ether oxygens (including phenoxy) is 2. The molecule has 0 saturated heterocycles. The number of amides is 1. The number of hydrogen-bond acceptors (Lipinski definition) is 4. The summed E-state index contributed by atoms with van der Waals surface area (Å²) in [4.78, 5) is 16.5. The molecule has 0 spiro atoms. The van der Waals surface area contributed by atoms with Crippen molar-refractivity contribution in [3.05, 3.63) is 102 Å². The molecule has 0 bridgehead atoms. The molecule has 1 aliphatic rings. The van der Waals surface area contributed by atoms with Crippen molar-refractivity contribution in [1.29, 1.82) is 0 Å². The molecule has 1 aliphatic heterocycles. The maximum atomic E-state index is 12.4. The summed E-state index contributed by atoms with van der Waals surface area (Å²) in [6, 6.07) is 20.2. The van der Waals surface area contributed by atoms with Gasteiger partial charge in [0.2, 0.25) is 5.91 Å². The Bertz CT molecular complexity index is 1430. The van der Waals surface area contributed by atoms with E-state index in [-0.39, 0.29) is 29.8 Å². The summed E-state index contributed by atoms with van der Waals surface area (Å²) in [5.41, 5.74) is 6.36. The molecule has 0 saturated carbocycles. The first-order chi connectivity index (χ1) is 18.3. The average molecular weight is 546 g/mol. The van der Waals surface area contributed by atoms with Crippen molar-refractivity contribution in [3.63, 3.8) is 0 Å². The lowest BCUT2D eigenvalue weighted by Crippen LogP contribution is -2.30. The average Bonchev–Trinajstić information content (AvgIpc) is 3.41. The maximum Gasteiger partial charge on any atom is 0.217 e. The monoisotopic (exact) mass is 545 g/mol. The van der Waals surface area contributed by atoms with Crippen molar-refractivity contribution in [2.24, 2.45) is 0 Å². The molecule has 0 fully saturated rings. The normalized spacial score (nSPS) is 14.0. The number of rotatable bonds is 8. The van der Waals surface area contributed by atoms with Crippen molar-refractivity contribution in [1.82, 2.24) is 14.9 Å². The van der Waals surface area contributed by atoms with Crippen LogP contribution in [0.5, 0.6) is 11.5 Å². The van der Waals surface area contributed by atoms with E-state index >= 15 is 0 Å². The Kier molecular flexibility index (Phi) is 8.78. The Balaban J connectivity index is 0.00000353. The molecule has 0 radical (unpaired) electrons. The number of carbonyl (C=O) groups is 1. The highest BCUT2D eigenvalue weighted by atomic mass is 35.5. The molecule has 0 aliphatic carbocycles. The van der Waals surface area contributed by atoms with E-state index < -0.39 is 0 Å². The summed E-state index contributed by atoms with van der Waals surface area (Å²) >= 11 is 0. The van der Waals surface area contributed by atoms with E-state index in [2.05, 4.69) is 59.9 Å². The van der Waals surface area contributed by atoms with E-state index in [1.807, 2.05) is 48.9 Å². The lowest BCUT2D eigenvalue weighted by molar-refractivity contribution is -0.119. The van der Waals surface area contributed by atoms with Crippen molar-refractivity contribution in [2.75, 3.05) is 6.61 Å². The standard InChI is InChI=1S/C32H35N3O3.ClH/c1-22(36)34-31-24-11-5-6-14-27(24)38-28-15-8-12-25(30(28)31)29-23(10-7-13-26(29)32(2,3)4)20-37-19-9-17-35-18-16-33-21-35;/h5-8,10-16,18,21,31H,9,17,19-20H2,1-4H3,(H,34,36);1H. The quantitative estimate of drug-likeness (QED) is 0.238. The number of halogens is 1. The van der Waals surface area contributed by atoms with Crippen molar-refractivity contribution < 1.29 is 14.3 Å². The van der Waals surface area contributed by atoms with Crippen LogP contribution in [-0.2, 0) is 28.1 Å². The first-order valence-corrected chi connectivity index (χ1v) is 13.2. The highest BCUT2D eigenvalue weighted by Crippen LogP contribution is 2.49. The van der Waals surface area contributed by atoms with Crippen LogP contribution in [0.3, 0.4) is 0 Å². The second-order valence-corrected chi connectivity index (χ2v) is 10.8. The molecule has 2 heterocycles. The summed E-state index contributed by atoms with van der Waals surface area (Å²) in [6.07, 6.45) is 6.49. The van der Waals surface area contributed by atoms with Gasteiger partial charge < -0.3 is 19.4 Å². The third-order valence-electron chi connectivity index (χ3n) is 6.90. The number of aromatic nitrogens is 2. The lowest BCUT2D eigenvalue weighted by Gasteiger charge is -2.33. The molecule has 39 heavy (non-hydrogen) atoms. The molecule has 1 unspecified atom stereocenters. The molecule has 1 atom stereocenters.